The summed E-state index contributed by atoms with van der Waals surface area (Å²) in [6, 6.07) is 4.67. The van der Waals surface area contributed by atoms with E-state index >= 15 is 0 Å². The molecule has 0 fully saturated rings. The number of halogens is 1. The van der Waals surface area contributed by atoms with E-state index < -0.39 is 5.41 Å². The quantitative estimate of drug-likeness (QED) is 0.368. The Morgan fingerprint density at radius 1 is 1.56 bits per heavy atom. The molecule has 1 rings (SSSR count). The number of benzene rings is 1. The van der Waals surface area contributed by atoms with Crippen LogP contribution in [-0.4, -0.2) is 18.8 Å². The van der Waals surface area contributed by atoms with Gasteiger partial charge in [-0.1, -0.05) is 11.6 Å². The van der Waals surface area contributed by atoms with Crippen molar-refractivity contribution in [1.29, 1.82) is 0 Å². The topological polar surface area (TPSA) is 81.4 Å². The van der Waals surface area contributed by atoms with Gasteiger partial charge in [-0.2, -0.15) is 0 Å². The van der Waals surface area contributed by atoms with Gasteiger partial charge in [0.2, 0.25) is 5.91 Å². The van der Waals surface area contributed by atoms with Crippen molar-refractivity contribution in [2.24, 2.45) is 11.3 Å². The fraction of sp³-hybridized carbons (Fsp3) is 0.333. The summed E-state index contributed by atoms with van der Waals surface area (Å²) < 4.78 is 5.46. The number of carbonyl (C=O) groups excluding carboxylic acids is 2. The van der Waals surface area contributed by atoms with Crippen LogP contribution in [0.15, 0.2) is 18.2 Å². The molecule has 1 amide bonds. The third-order valence-electron chi connectivity index (χ3n) is 2.43. The Balaban J connectivity index is 2.75. The monoisotopic (exact) mass is 270 g/mol. The largest absolute Gasteiger partial charge is 0.491 e. The molecule has 0 aliphatic carbocycles. The molecule has 0 saturated heterocycles. The van der Waals surface area contributed by atoms with Gasteiger partial charge in [0.15, 0.2) is 0 Å². The van der Waals surface area contributed by atoms with Crippen molar-refractivity contribution in [1.82, 2.24) is 5.43 Å². The van der Waals surface area contributed by atoms with Crippen LogP contribution in [0.5, 0.6) is 5.75 Å². The zero-order valence-electron chi connectivity index (χ0n) is 10.2. The molecular formula is C12H15ClN2O3. The molecule has 0 saturated carbocycles. The lowest BCUT2D eigenvalue weighted by atomic mass is 9.94. The molecule has 0 aliphatic rings. The van der Waals surface area contributed by atoms with Gasteiger partial charge in [-0.05, 0) is 32.0 Å². The highest BCUT2D eigenvalue weighted by Gasteiger charge is 2.28. The van der Waals surface area contributed by atoms with E-state index in [4.69, 9.17) is 22.2 Å². The number of hydrogen-bond acceptors (Lipinski definition) is 4. The van der Waals surface area contributed by atoms with E-state index in [2.05, 4.69) is 5.43 Å². The summed E-state index contributed by atoms with van der Waals surface area (Å²) in [6.45, 7) is 3.52. The molecule has 0 aromatic heterocycles. The summed E-state index contributed by atoms with van der Waals surface area (Å²) >= 11 is 5.94. The molecule has 0 unspecified atom stereocenters. The number of aldehydes is 1. The minimum atomic E-state index is -0.776. The van der Waals surface area contributed by atoms with E-state index in [1.807, 2.05) is 0 Å². The molecule has 1 aromatic carbocycles. The third-order valence-corrected chi connectivity index (χ3v) is 2.72. The van der Waals surface area contributed by atoms with E-state index in [0.717, 1.165) is 0 Å². The van der Waals surface area contributed by atoms with Crippen LogP contribution < -0.4 is 16.0 Å². The first kappa shape index (κ1) is 14.5. The Labute approximate surface area is 110 Å². The zero-order chi connectivity index (χ0) is 13.8. The second-order valence-corrected chi connectivity index (χ2v) is 4.86. The summed E-state index contributed by atoms with van der Waals surface area (Å²) in [7, 11) is 0. The lowest BCUT2D eigenvalue weighted by molar-refractivity contribution is -0.130. The van der Waals surface area contributed by atoms with Crippen LogP contribution in [0, 0.1) is 5.41 Å². The minimum absolute atomic E-state index is 0.121. The average Bonchev–Trinajstić information content (AvgIpc) is 2.36. The van der Waals surface area contributed by atoms with E-state index in [1.54, 1.807) is 26.0 Å². The Bertz CT molecular complexity index is 461. The second kappa shape index (κ2) is 5.84. The molecule has 0 atom stereocenters. The van der Waals surface area contributed by atoms with Crippen molar-refractivity contribution in [3.05, 3.63) is 28.8 Å². The van der Waals surface area contributed by atoms with Crippen molar-refractivity contribution in [3.8, 4) is 5.75 Å². The Morgan fingerprint density at radius 2 is 2.22 bits per heavy atom. The molecule has 3 N–H and O–H groups in total. The number of ether oxygens (including phenoxy) is 1. The first-order chi connectivity index (χ1) is 8.40. The van der Waals surface area contributed by atoms with Crippen LogP contribution in [0.25, 0.3) is 0 Å². The summed E-state index contributed by atoms with van der Waals surface area (Å²) in [5.74, 6) is 5.16. The predicted octanol–water partition coefficient (Wildman–Crippen LogP) is 1.55. The van der Waals surface area contributed by atoms with Crippen LogP contribution in [0.3, 0.4) is 0 Å². The van der Waals surface area contributed by atoms with E-state index in [1.165, 1.54) is 6.07 Å². The van der Waals surface area contributed by atoms with Gasteiger partial charge < -0.3 is 4.74 Å². The van der Waals surface area contributed by atoms with E-state index in [9.17, 15) is 9.59 Å². The molecule has 6 heteroatoms. The Morgan fingerprint density at radius 3 is 2.72 bits per heavy atom. The highest BCUT2D eigenvalue weighted by molar-refractivity contribution is 6.32. The lowest BCUT2D eigenvalue weighted by Gasteiger charge is -2.22. The lowest BCUT2D eigenvalue weighted by Crippen LogP contribution is -2.44. The molecule has 98 valence electrons. The van der Waals surface area contributed by atoms with Gasteiger partial charge in [0, 0.05) is 5.56 Å². The Hall–Kier alpha value is -1.59. The van der Waals surface area contributed by atoms with Gasteiger partial charge in [0.25, 0.3) is 0 Å². The fourth-order valence-corrected chi connectivity index (χ4v) is 1.47. The zero-order valence-corrected chi connectivity index (χ0v) is 11.0. The maximum atomic E-state index is 11.4. The molecule has 18 heavy (non-hydrogen) atoms. The predicted molar refractivity (Wildman–Crippen MR) is 68.4 cm³/mol. The summed E-state index contributed by atoms with van der Waals surface area (Å²) in [5, 5.41) is 0.323. The molecule has 0 aliphatic heterocycles. The van der Waals surface area contributed by atoms with Crippen LogP contribution in [0.1, 0.15) is 24.2 Å². The number of carbonyl (C=O) groups is 2. The van der Waals surface area contributed by atoms with Crippen LogP contribution in [0.2, 0.25) is 5.02 Å². The van der Waals surface area contributed by atoms with Gasteiger partial charge in [0.05, 0.1) is 10.4 Å². The highest BCUT2D eigenvalue weighted by Crippen LogP contribution is 2.27. The first-order valence-corrected chi connectivity index (χ1v) is 5.67. The molecule has 0 spiro atoms. The average molecular weight is 271 g/mol. The number of hydrazine groups is 1. The van der Waals surface area contributed by atoms with E-state index in [0.29, 0.717) is 22.6 Å². The number of rotatable bonds is 5. The van der Waals surface area contributed by atoms with E-state index in [-0.39, 0.29) is 12.5 Å². The molecular weight excluding hydrogens is 256 g/mol. The van der Waals surface area contributed by atoms with Gasteiger partial charge in [0.1, 0.15) is 18.6 Å². The van der Waals surface area contributed by atoms with Crippen molar-refractivity contribution in [2.75, 3.05) is 6.61 Å². The number of amides is 1. The number of nitrogens with two attached hydrogens (primary N) is 1. The van der Waals surface area contributed by atoms with Crippen molar-refractivity contribution >= 4 is 23.8 Å². The van der Waals surface area contributed by atoms with Crippen molar-refractivity contribution in [3.63, 3.8) is 0 Å². The highest BCUT2D eigenvalue weighted by atomic mass is 35.5. The molecule has 0 bridgehead atoms. The fourth-order valence-electron chi connectivity index (χ4n) is 1.23. The standard InChI is InChI=1S/C12H15ClN2O3/c1-12(2,11(17)15-14)7-18-10-4-3-8(6-16)5-9(10)13/h3-6H,7,14H2,1-2H3,(H,15,17). The minimum Gasteiger partial charge on any atom is -0.491 e. The maximum absolute atomic E-state index is 11.4. The Kier molecular flexibility index (Phi) is 4.69. The van der Waals surface area contributed by atoms with Gasteiger partial charge >= 0.3 is 0 Å². The van der Waals surface area contributed by atoms with Gasteiger partial charge in [-0.15, -0.1) is 0 Å². The summed E-state index contributed by atoms with van der Waals surface area (Å²) in [6.07, 6.45) is 0.696. The number of nitrogens with one attached hydrogen (secondary N) is 1. The molecule has 0 radical (unpaired) electrons. The summed E-state index contributed by atoms with van der Waals surface area (Å²) in [5.41, 5.74) is 1.76. The van der Waals surface area contributed by atoms with Crippen LogP contribution >= 0.6 is 11.6 Å². The SMILES string of the molecule is CC(C)(COc1ccc(C=O)cc1Cl)C(=O)NN. The molecule has 1 aromatic rings. The van der Waals surface area contributed by atoms with Crippen LogP contribution in [0.4, 0.5) is 0 Å². The molecule has 5 nitrogen and oxygen atoms in total. The van der Waals surface area contributed by atoms with Crippen molar-refractivity contribution in [2.45, 2.75) is 13.8 Å². The summed E-state index contributed by atoms with van der Waals surface area (Å²) in [4.78, 5) is 22.0. The first-order valence-electron chi connectivity index (χ1n) is 5.29. The second-order valence-electron chi connectivity index (χ2n) is 4.45. The normalized spacial score (nSPS) is 10.9. The maximum Gasteiger partial charge on any atom is 0.242 e. The third kappa shape index (κ3) is 3.45. The molecule has 0 heterocycles. The number of hydrogen-bond donors (Lipinski definition) is 2. The van der Waals surface area contributed by atoms with Crippen molar-refractivity contribution < 1.29 is 14.3 Å². The van der Waals surface area contributed by atoms with Gasteiger partial charge in [-0.25, -0.2) is 5.84 Å². The smallest absolute Gasteiger partial charge is 0.242 e. The van der Waals surface area contributed by atoms with Gasteiger partial charge in [-0.3, -0.25) is 15.0 Å². The van der Waals surface area contributed by atoms with Crippen LogP contribution in [-0.2, 0) is 4.79 Å².